The number of rotatable bonds is 0. The van der Waals surface area contributed by atoms with Gasteiger partial charge in [0.25, 0.3) is 0 Å². The smallest absolute Gasteiger partial charge is 0.174 e. The van der Waals surface area contributed by atoms with Crippen molar-refractivity contribution < 1.29 is 0 Å². The van der Waals surface area contributed by atoms with Gasteiger partial charge in [0.1, 0.15) is 14.4 Å². The Labute approximate surface area is 79.8 Å². The summed E-state index contributed by atoms with van der Waals surface area (Å²) >= 11 is 5.09. The van der Waals surface area contributed by atoms with Gasteiger partial charge in [0, 0.05) is 0 Å². The lowest BCUT2D eigenvalue weighted by Crippen LogP contribution is -1.90. The van der Waals surface area contributed by atoms with E-state index in [1.807, 2.05) is 28.7 Å². The van der Waals surface area contributed by atoms with Crippen molar-refractivity contribution in [3.63, 3.8) is 0 Å². The van der Waals surface area contributed by atoms with Crippen LogP contribution in [0, 0.1) is 15.0 Å². The van der Waals surface area contributed by atoms with Crippen molar-refractivity contribution >= 4 is 38.5 Å². The van der Waals surface area contributed by atoms with E-state index < -0.39 is 0 Å². The average molecular weight is 310 g/mol. The molecule has 0 fully saturated rings. The third kappa shape index (κ3) is 1.64. The normalized spacial score (nSPS) is 8.90. The lowest BCUT2D eigenvalue weighted by atomic mass is 10.5. The van der Waals surface area contributed by atoms with E-state index in [9.17, 15) is 0 Å². The van der Waals surface area contributed by atoms with Crippen molar-refractivity contribution in [2.75, 3.05) is 0 Å². The maximum atomic E-state index is 8.46. The second-order valence-electron chi connectivity index (χ2n) is 1.44. The number of nitrogens with zero attached hydrogens (tertiary/aromatic N) is 3. The molecule has 5 heteroatoms. The molecule has 0 N–H and O–H groups in total. The van der Waals surface area contributed by atoms with Crippen LogP contribution in [0.25, 0.3) is 0 Å². The van der Waals surface area contributed by atoms with E-state index in [-0.39, 0.29) is 0 Å². The maximum Gasteiger partial charge on any atom is 0.174 e. The quantitative estimate of drug-likeness (QED) is 0.686. The van der Waals surface area contributed by atoms with Gasteiger partial charge in [-0.3, -0.25) is 0 Å². The van der Waals surface area contributed by atoms with E-state index in [0.717, 1.165) is 3.70 Å². The van der Waals surface area contributed by atoms with Crippen LogP contribution >= 0.6 is 38.5 Å². The standard InChI is InChI=1S/C5HBrIN3/c6-5-3(1-8)10-4(7)2-9-5/h2H. The molecule has 1 aromatic rings. The Bertz CT molecular complexity index is 293. The van der Waals surface area contributed by atoms with Crippen molar-refractivity contribution in [3.8, 4) is 6.07 Å². The van der Waals surface area contributed by atoms with Crippen molar-refractivity contribution in [2.45, 2.75) is 0 Å². The van der Waals surface area contributed by atoms with Gasteiger partial charge < -0.3 is 0 Å². The second-order valence-corrected chi connectivity index (χ2v) is 3.30. The molecule has 0 aromatic carbocycles. The SMILES string of the molecule is N#Cc1nc(I)cnc1Br. The van der Waals surface area contributed by atoms with Crippen LogP contribution in [0.1, 0.15) is 5.69 Å². The van der Waals surface area contributed by atoms with Gasteiger partial charge in [-0.1, -0.05) is 0 Å². The van der Waals surface area contributed by atoms with Crippen LogP contribution in [0.15, 0.2) is 10.8 Å². The summed E-state index contributed by atoms with van der Waals surface area (Å²) in [6.07, 6.45) is 1.59. The van der Waals surface area contributed by atoms with Gasteiger partial charge in [0.05, 0.1) is 6.20 Å². The Morgan fingerprint density at radius 3 is 2.90 bits per heavy atom. The van der Waals surface area contributed by atoms with Crippen LogP contribution in [0.5, 0.6) is 0 Å². The fourth-order valence-corrected chi connectivity index (χ4v) is 1.08. The Morgan fingerprint density at radius 2 is 2.40 bits per heavy atom. The molecule has 0 aliphatic heterocycles. The highest BCUT2D eigenvalue weighted by atomic mass is 127. The number of halogens is 2. The average Bonchev–Trinajstić information content (AvgIpc) is 1.94. The van der Waals surface area contributed by atoms with Gasteiger partial charge in [0.2, 0.25) is 0 Å². The Morgan fingerprint density at radius 1 is 1.70 bits per heavy atom. The molecule has 0 atom stereocenters. The second kappa shape index (κ2) is 3.25. The number of nitriles is 1. The van der Waals surface area contributed by atoms with Crippen LogP contribution in [0.3, 0.4) is 0 Å². The molecule has 50 valence electrons. The van der Waals surface area contributed by atoms with E-state index in [1.54, 1.807) is 6.20 Å². The predicted molar refractivity (Wildman–Crippen MR) is 47.2 cm³/mol. The predicted octanol–water partition coefficient (Wildman–Crippen LogP) is 1.72. The summed E-state index contributed by atoms with van der Waals surface area (Å²) in [5, 5.41) is 8.46. The van der Waals surface area contributed by atoms with Gasteiger partial charge >= 0.3 is 0 Å². The molecule has 0 amide bonds. The van der Waals surface area contributed by atoms with Gasteiger partial charge in [-0.05, 0) is 38.5 Å². The first kappa shape index (κ1) is 7.88. The summed E-state index contributed by atoms with van der Waals surface area (Å²) in [5.74, 6) is 0. The summed E-state index contributed by atoms with van der Waals surface area (Å²) in [4.78, 5) is 7.78. The lowest BCUT2D eigenvalue weighted by molar-refractivity contribution is 1.10. The van der Waals surface area contributed by atoms with Crippen LogP contribution in [0.2, 0.25) is 0 Å². The zero-order valence-corrected chi connectivity index (χ0v) is 8.42. The van der Waals surface area contributed by atoms with Crippen molar-refractivity contribution in [1.29, 1.82) is 5.26 Å². The lowest BCUT2D eigenvalue weighted by Gasteiger charge is -1.91. The Kier molecular flexibility index (Phi) is 2.56. The van der Waals surface area contributed by atoms with Crippen molar-refractivity contribution in [2.24, 2.45) is 0 Å². The van der Waals surface area contributed by atoms with Crippen molar-refractivity contribution in [3.05, 3.63) is 20.2 Å². The first-order valence-electron chi connectivity index (χ1n) is 2.32. The van der Waals surface area contributed by atoms with Gasteiger partial charge in [-0.15, -0.1) is 0 Å². The minimum Gasteiger partial charge on any atom is -0.244 e. The third-order valence-electron chi connectivity index (χ3n) is 0.804. The minimum atomic E-state index is 0.326. The molecule has 0 aliphatic carbocycles. The fourth-order valence-electron chi connectivity index (χ4n) is 0.424. The summed E-state index contributed by atoms with van der Waals surface area (Å²) in [6.45, 7) is 0. The molecule has 0 radical (unpaired) electrons. The highest BCUT2D eigenvalue weighted by Crippen LogP contribution is 2.10. The summed E-state index contributed by atoms with van der Waals surface area (Å²) < 4.78 is 1.22. The van der Waals surface area contributed by atoms with Crippen LogP contribution in [-0.2, 0) is 0 Å². The first-order chi connectivity index (χ1) is 4.74. The molecule has 0 unspecified atom stereocenters. The van der Waals surface area contributed by atoms with E-state index in [4.69, 9.17) is 5.26 Å². The molecule has 0 saturated carbocycles. The molecule has 1 aromatic heterocycles. The molecule has 3 nitrogen and oxygen atoms in total. The van der Waals surface area contributed by atoms with E-state index >= 15 is 0 Å². The highest BCUT2D eigenvalue weighted by Gasteiger charge is 2.00. The number of hydrogen-bond donors (Lipinski definition) is 0. The zero-order chi connectivity index (χ0) is 7.56. The van der Waals surface area contributed by atoms with Crippen molar-refractivity contribution in [1.82, 2.24) is 9.97 Å². The van der Waals surface area contributed by atoms with Crippen LogP contribution in [0.4, 0.5) is 0 Å². The minimum absolute atomic E-state index is 0.326. The number of aromatic nitrogens is 2. The highest BCUT2D eigenvalue weighted by molar-refractivity contribution is 14.1. The fraction of sp³-hybridized carbons (Fsp3) is 0. The molecule has 1 rings (SSSR count). The Hall–Kier alpha value is -0.220. The van der Waals surface area contributed by atoms with Gasteiger partial charge in [-0.2, -0.15) is 5.26 Å². The number of hydrogen-bond acceptors (Lipinski definition) is 3. The van der Waals surface area contributed by atoms with Gasteiger partial charge in [-0.25, -0.2) is 9.97 Å². The van der Waals surface area contributed by atoms with Crippen LogP contribution < -0.4 is 0 Å². The molecule has 0 spiro atoms. The third-order valence-corrected chi connectivity index (χ3v) is 1.90. The van der Waals surface area contributed by atoms with E-state index in [1.165, 1.54) is 0 Å². The molecule has 0 saturated heterocycles. The summed E-state index contributed by atoms with van der Waals surface area (Å²) in [6, 6.07) is 1.91. The van der Waals surface area contributed by atoms with E-state index in [0.29, 0.717) is 10.3 Å². The van der Waals surface area contributed by atoms with E-state index in [2.05, 4.69) is 25.9 Å². The molecule has 10 heavy (non-hydrogen) atoms. The molecule has 0 bridgehead atoms. The van der Waals surface area contributed by atoms with Gasteiger partial charge in [0.15, 0.2) is 5.69 Å². The monoisotopic (exact) mass is 309 g/mol. The zero-order valence-electron chi connectivity index (χ0n) is 4.67. The molecular weight excluding hydrogens is 309 g/mol. The maximum absolute atomic E-state index is 8.46. The molecule has 0 aliphatic rings. The topological polar surface area (TPSA) is 49.6 Å². The largest absolute Gasteiger partial charge is 0.244 e. The molecule has 1 heterocycles. The van der Waals surface area contributed by atoms with Crippen LogP contribution in [-0.4, -0.2) is 9.97 Å². The summed E-state index contributed by atoms with van der Waals surface area (Å²) in [5.41, 5.74) is 0.326. The summed E-state index contributed by atoms with van der Waals surface area (Å²) in [7, 11) is 0. The first-order valence-corrected chi connectivity index (χ1v) is 4.19. The molecular formula is C5HBrIN3. The Balaban J connectivity index is 3.25.